The maximum absolute atomic E-state index is 13.5. The van der Waals surface area contributed by atoms with Gasteiger partial charge in [0.15, 0.2) is 0 Å². The standard InChI is InChI=1S/C13H16F2N2O2/c1-2-13(3-4-13)8-16-7-9-5-12(17(18)19)11(15)6-10(9)14/h5-6,16H,2-4,7-8H2,1H3. The molecule has 4 nitrogen and oxygen atoms in total. The van der Waals surface area contributed by atoms with Crippen LogP contribution in [0.4, 0.5) is 14.5 Å². The molecule has 1 aromatic rings. The van der Waals surface area contributed by atoms with E-state index in [-0.39, 0.29) is 12.1 Å². The van der Waals surface area contributed by atoms with E-state index >= 15 is 0 Å². The van der Waals surface area contributed by atoms with Crippen LogP contribution in [0, 0.1) is 27.2 Å². The molecule has 1 aliphatic carbocycles. The smallest absolute Gasteiger partial charge is 0.305 e. The molecule has 2 rings (SSSR count). The second-order valence-electron chi connectivity index (χ2n) is 5.11. The molecule has 0 unspecified atom stereocenters. The van der Waals surface area contributed by atoms with Gasteiger partial charge in [0.05, 0.1) is 4.92 Å². The van der Waals surface area contributed by atoms with Crippen molar-refractivity contribution >= 4 is 5.69 Å². The Labute approximate surface area is 110 Å². The minimum absolute atomic E-state index is 0.125. The van der Waals surface area contributed by atoms with Crippen molar-refractivity contribution in [2.75, 3.05) is 6.54 Å². The third-order valence-electron chi connectivity index (χ3n) is 3.84. The molecule has 0 aliphatic heterocycles. The van der Waals surface area contributed by atoms with Gasteiger partial charge in [-0.1, -0.05) is 6.92 Å². The Kier molecular flexibility index (Phi) is 3.80. The second-order valence-corrected chi connectivity index (χ2v) is 5.11. The highest BCUT2D eigenvalue weighted by Crippen LogP contribution is 2.47. The maximum atomic E-state index is 13.5. The first-order chi connectivity index (χ1) is 8.97. The highest BCUT2D eigenvalue weighted by Gasteiger charge is 2.39. The summed E-state index contributed by atoms with van der Waals surface area (Å²) in [7, 11) is 0. The van der Waals surface area contributed by atoms with Crippen molar-refractivity contribution in [1.29, 1.82) is 0 Å². The largest absolute Gasteiger partial charge is 0.312 e. The van der Waals surface area contributed by atoms with Crippen LogP contribution in [0.2, 0.25) is 0 Å². The monoisotopic (exact) mass is 270 g/mol. The summed E-state index contributed by atoms with van der Waals surface area (Å²) in [6.45, 7) is 3.04. The quantitative estimate of drug-likeness (QED) is 0.638. The lowest BCUT2D eigenvalue weighted by molar-refractivity contribution is -0.387. The Morgan fingerprint density at radius 2 is 2.05 bits per heavy atom. The Bertz CT molecular complexity index is 502. The normalized spacial score (nSPS) is 16.4. The topological polar surface area (TPSA) is 55.2 Å². The average Bonchev–Trinajstić information content (AvgIpc) is 3.12. The van der Waals surface area contributed by atoms with Crippen molar-refractivity contribution in [3.8, 4) is 0 Å². The summed E-state index contributed by atoms with van der Waals surface area (Å²) >= 11 is 0. The van der Waals surface area contributed by atoms with Gasteiger partial charge in [0.1, 0.15) is 5.82 Å². The molecule has 6 heteroatoms. The van der Waals surface area contributed by atoms with Crippen molar-refractivity contribution in [1.82, 2.24) is 5.32 Å². The van der Waals surface area contributed by atoms with Crippen molar-refractivity contribution in [3.05, 3.63) is 39.4 Å². The predicted octanol–water partition coefficient (Wildman–Crippen LogP) is 3.15. The fourth-order valence-corrected chi connectivity index (χ4v) is 2.15. The van der Waals surface area contributed by atoms with Gasteiger partial charge in [-0.2, -0.15) is 4.39 Å². The molecule has 0 atom stereocenters. The SMILES string of the molecule is CCC1(CNCc2cc([N+](=O)[O-])c(F)cc2F)CC1. The summed E-state index contributed by atoms with van der Waals surface area (Å²) in [5.74, 6) is -1.89. The van der Waals surface area contributed by atoms with E-state index in [4.69, 9.17) is 0 Å². The van der Waals surface area contributed by atoms with Gasteiger partial charge < -0.3 is 5.32 Å². The van der Waals surface area contributed by atoms with Crippen LogP contribution in [-0.2, 0) is 6.54 Å². The number of benzene rings is 1. The first-order valence-corrected chi connectivity index (χ1v) is 6.30. The molecule has 0 radical (unpaired) electrons. The van der Waals surface area contributed by atoms with Gasteiger partial charge in [0.25, 0.3) is 0 Å². The van der Waals surface area contributed by atoms with Crippen LogP contribution in [0.25, 0.3) is 0 Å². The van der Waals surface area contributed by atoms with Crippen molar-refractivity contribution in [2.24, 2.45) is 5.41 Å². The zero-order chi connectivity index (χ0) is 14.0. The molecule has 1 aliphatic rings. The van der Waals surface area contributed by atoms with Gasteiger partial charge in [0, 0.05) is 30.8 Å². The lowest BCUT2D eigenvalue weighted by atomic mass is 10.0. The van der Waals surface area contributed by atoms with E-state index in [2.05, 4.69) is 12.2 Å². The van der Waals surface area contributed by atoms with Crippen LogP contribution < -0.4 is 5.32 Å². The van der Waals surface area contributed by atoms with E-state index < -0.39 is 22.2 Å². The molecule has 1 saturated carbocycles. The summed E-state index contributed by atoms with van der Waals surface area (Å²) in [6, 6.07) is 1.53. The zero-order valence-corrected chi connectivity index (χ0v) is 10.7. The summed E-state index contributed by atoms with van der Waals surface area (Å²) in [4.78, 5) is 9.76. The lowest BCUT2D eigenvalue weighted by Gasteiger charge is -2.13. The molecular weight excluding hydrogens is 254 g/mol. The van der Waals surface area contributed by atoms with Gasteiger partial charge >= 0.3 is 5.69 Å². The molecule has 0 aromatic heterocycles. The van der Waals surface area contributed by atoms with Crippen molar-refractivity contribution in [2.45, 2.75) is 32.7 Å². The minimum atomic E-state index is -1.14. The molecule has 1 N–H and O–H groups in total. The fraction of sp³-hybridized carbons (Fsp3) is 0.538. The number of halogens is 2. The summed E-state index contributed by atoms with van der Waals surface area (Å²) < 4.78 is 26.7. The zero-order valence-electron chi connectivity index (χ0n) is 10.7. The highest BCUT2D eigenvalue weighted by molar-refractivity contribution is 5.37. The van der Waals surface area contributed by atoms with Crippen molar-refractivity contribution in [3.63, 3.8) is 0 Å². The van der Waals surface area contributed by atoms with E-state index in [1.54, 1.807) is 0 Å². The highest BCUT2D eigenvalue weighted by atomic mass is 19.1. The van der Waals surface area contributed by atoms with Gasteiger partial charge in [-0.25, -0.2) is 4.39 Å². The fourth-order valence-electron chi connectivity index (χ4n) is 2.15. The number of nitrogens with one attached hydrogen (secondary N) is 1. The van der Waals surface area contributed by atoms with Crippen LogP contribution in [0.5, 0.6) is 0 Å². The van der Waals surface area contributed by atoms with E-state index in [1.165, 1.54) is 0 Å². The average molecular weight is 270 g/mol. The Hall–Kier alpha value is -1.56. The van der Waals surface area contributed by atoms with Crippen LogP contribution in [0.3, 0.4) is 0 Å². The predicted molar refractivity (Wildman–Crippen MR) is 66.7 cm³/mol. The number of nitro benzene ring substituents is 1. The molecular formula is C13H16F2N2O2. The number of hydrogen-bond acceptors (Lipinski definition) is 3. The molecule has 1 aromatic carbocycles. The summed E-state index contributed by atoms with van der Waals surface area (Å²) in [5.41, 5.74) is -0.252. The van der Waals surface area contributed by atoms with Gasteiger partial charge in [0.2, 0.25) is 5.82 Å². The molecule has 104 valence electrons. The van der Waals surface area contributed by atoms with E-state index in [0.29, 0.717) is 11.5 Å². The maximum Gasteiger partial charge on any atom is 0.305 e. The third-order valence-corrected chi connectivity index (χ3v) is 3.84. The minimum Gasteiger partial charge on any atom is -0.312 e. The van der Waals surface area contributed by atoms with Crippen LogP contribution in [-0.4, -0.2) is 11.5 Å². The molecule has 0 amide bonds. The van der Waals surface area contributed by atoms with Crippen LogP contribution in [0.1, 0.15) is 31.7 Å². The van der Waals surface area contributed by atoms with Gasteiger partial charge in [-0.05, 0) is 24.7 Å². The molecule has 0 spiro atoms. The number of hydrogen-bond donors (Lipinski definition) is 1. The molecule has 0 saturated heterocycles. The summed E-state index contributed by atoms with van der Waals surface area (Å²) in [6.07, 6.45) is 3.37. The lowest BCUT2D eigenvalue weighted by Crippen LogP contribution is -2.23. The Morgan fingerprint density at radius 3 is 2.58 bits per heavy atom. The van der Waals surface area contributed by atoms with Crippen LogP contribution in [0.15, 0.2) is 12.1 Å². The number of nitro groups is 1. The summed E-state index contributed by atoms with van der Waals surface area (Å²) in [5, 5.41) is 13.7. The van der Waals surface area contributed by atoms with Gasteiger partial charge in [-0.15, -0.1) is 0 Å². The second kappa shape index (κ2) is 5.21. The van der Waals surface area contributed by atoms with E-state index in [0.717, 1.165) is 31.9 Å². The van der Waals surface area contributed by atoms with E-state index in [1.807, 2.05) is 0 Å². The first-order valence-electron chi connectivity index (χ1n) is 6.30. The van der Waals surface area contributed by atoms with Crippen molar-refractivity contribution < 1.29 is 13.7 Å². The Balaban J connectivity index is 2.03. The first kappa shape index (κ1) is 13.9. The molecule has 0 heterocycles. The number of nitrogens with zero attached hydrogens (tertiary/aromatic N) is 1. The molecule has 0 bridgehead atoms. The third kappa shape index (κ3) is 3.07. The Morgan fingerprint density at radius 1 is 1.37 bits per heavy atom. The molecule has 19 heavy (non-hydrogen) atoms. The van der Waals surface area contributed by atoms with E-state index in [9.17, 15) is 18.9 Å². The number of rotatable bonds is 6. The van der Waals surface area contributed by atoms with Gasteiger partial charge in [-0.3, -0.25) is 10.1 Å². The van der Waals surface area contributed by atoms with Crippen LogP contribution >= 0.6 is 0 Å². The molecule has 1 fully saturated rings.